The van der Waals surface area contributed by atoms with Crippen LogP contribution in [0.15, 0.2) is 45.3 Å². The van der Waals surface area contributed by atoms with Gasteiger partial charge in [0.15, 0.2) is 0 Å². The minimum atomic E-state index is -0.312. The average Bonchev–Trinajstić information content (AvgIpc) is 2.54. The second-order valence-corrected chi connectivity index (χ2v) is 6.68. The van der Waals surface area contributed by atoms with Crippen molar-refractivity contribution < 1.29 is 14.3 Å². The van der Waals surface area contributed by atoms with E-state index in [-0.39, 0.29) is 11.8 Å². The molecule has 2 rings (SSSR count). The number of halogens is 2. The summed E-state index contributed by atoms with van der Waals surface area (Å²) in [5.41, 5.74) is 1.59. The fourth-order valence-corrected chi connectivity index (χ4v) is 3.45. The van der Waals surface area contributed by atoms with Crippen molar-refractivity contribution in [2.75, 3.05) is 17.7 Å². The van der Waals surface area contributed by atoms with E-state index in [1.807, 2.05) is 0 Å². The van der Waals surface area contributed by atoms with Crippen LogP contribution < -0.4 is 15.4 Å². The summed E-state index contributed by atoms with van der Waals surface area (Å²) >= 11 is 6.74. The Hall–Kier alpha value is -1.86. The molecule has 0 saturated carbocycles. The summed E-state index contributed by atoms with van der Waals surface area (Å²) in [6.45, 7) is 1.78. The predicted octanol–water partition coefficient (Wildman–Crippen LogP) is 4.82. The normalized spacial score (nSPS) is 10.2. The molecular formula is C17H16Br2N2O3. The van der Waals surface area contributed by atoms with Gasteiger partial charge in [0, 0.05) is 22.3 Å². The third kappa shape index (κ3) is 4.58. The van der Waals surface area contributed by atoms with E-state index in [4.69, 9.17) is 4.74 Å². The number of anilines is 2. The van der Waals surface area contributed by atoms with Gasteiger partial charge in [-0.05, 0) is 46.3 Å². The van der Waals surface area contributed by atoms with Crippen molar-refractivity contribution in [3.8, 4) is 5.75 Å². The van der Waals surface area contributed by atoms with E-state index in [9.17, 15) is 9.59 Å². The van der Waals surface area contributed by atoms with Crippen LogP contribution in [-0.2, 0) is 4.79 Å². The molecule has 2 aromatic rings. The molecule has 2 N–H and O–H groups in total. The summed E-state index contributed by atoms with van der Waals surface area (Å²) < 4.78 is 6.72. The van der Waals surface area contributed by atoms with E-state index in [1.165, 1.54) is 7.11 Å². The van der Waals surface area contributed by atoms with Gasteiger partial charge in [-0.2, -0.15) is 0 Å². The summed E-state index contributed by atoms with van der Waals surface area (Å²) in [6, 6.07) is 10.5. The Balaban J connectivity index is 2.24. The van der Waals surface area contributed by atoms with Crippen LogP contribution in [0.3, 0.4) is 0 Å². The van der Waals surface area contributed by atoms with Crippen molar-refractivity contribution in [3.63, 3.8) is 0 Å². The Kier molecular flexibility index (Phi) is 6.39. The molecule has 0 aromatic heterocycles. The van der Waals surface area contributed by atoms with Gasteiger partial charge in [0.25, 0.3) is 5.91 Å². The Morgan fingerprint density at radius 2 is 1.75 bits per heavy atom. The van der Waals surface area contributed by atoms with E-state index < -0.39 is 0 Å². The fraction of sp³-hybridized carbons (Fsp3) is 0.176. The van der Waals surface area contributed by atoms with E-state index in [0.29, 0.717) is 33.6 Å². The van der Waals surface area contributed by atoms with Crippen molar-refractivity contribution in [1.29, 1.82) is 0 Å². The third-order valence-electron chi connectivity index (χ3n) is 3.18. The summed E-state index contributed by atoms with van der Waals surface area (Å²) in [4.78, 5) is 24.0. The van der Waals surface area contributed by atoms with Gasteiger partial charge in [0.2, 0.25) is 5.91 Å². The van der Waals surface area contributed by atoms with Crippen LogP contribution in [0, 0.1) is 0 Å². The van der Waals surface area contributed by atoms with Crippen LogP contribution >= 0.6 is 31.9 Å². The number of benzene rings is 2. The van der Waals surface area contributed by atoms with Crippen LogP contribution in [0.2, 0.25) is 0 Å². The molecule has 0 aliphatic heterocycles. The first kappa shape index (κ1) is 18.5. The lowest BCUT2D eigenvalue weighted by atomic mass is 10.1. The molecule has 0 aliphatic carbocycles. The Morgan fingerprint density at radius 1 is 1.08 bits per heavy atom. The molecule has 24 heavy (non-hydrogen) atoms. The average molecular weight is 456 g/mol. The quantitative estimate of drug-likeness (QED) is 0.678. The van der Waals surface area contributed by atoms with Gasteiger partial charge >= 0.3 is 0 Å². The minimum absolute atomic E-state index is 0.0870. The fourth-order valence-electron chi connectivity index (χ4n) is 2.06. The Labute approximate surface area is 157 Å². The molecule has 0 heterocycles. The second kappa shape index (κ2) is 8.30. The zero-order valence-corrected chi connectivity index (χ0v) is 16.3. The molecular weight excluding hydrogens is 440 g/mol. The standard InChI is InChI=1S/C17H16Br2N2O3/c1-3-15(22)20-11-5-4-6-12(9-11)21-17(23)13-7-10(18)8-14(19)16(13)24-2/h4-9H,3H2,1-2H3,(H,20,22)(H,21,23). The first-order valence-corrected chi connectivity index (χ1v) is 8.77. The smallest absolute Gasteiger partial charge is 0.259 e. The number of hydrogen-bond acceptors (Lipinski definition) is 3. The highest BCUT2D eigenvalue weighted by atomic mass is 79.9. The van der Waals surface area contributed by atoms with Crippen LogP contribution in [0.25, 0.3) is 0 Å². The maximum atomic E-state index is 12.6. The summed E-state index contributed by atoms with van der Waals surface area (Å²) in [7, 11) is 1.51. The maximum Gasteiger partial charge on any atom is 0.259 e. The van der Waals surface area contributed by atoms with Gasteiger partial charge in [-0.1, -0.05) is 28.9 Å². The van der Waals surface area contributed by atoms with Crippen molar-refractivity contribution in [1.82, 2.24) is 0 Å². The first-order valence-electron chi connectivity index (χ1n) is 7.19. The van der Waals surface area contributed by atoms with Crippen LogP contribution in [0.1, 0.15) is 23.7 Å². The van der Waals surface area contributed by atoms with Crippen molar-refractivity contribution >= 4 is 55.0 Å². The van der Waals surface area contributed by atoms with Gasteiger partial charge < -0.3 is 15.4 Å². The zero-order chi connectivity index (χ0) is 17.7. The lowest BCUT2D eigenvalue weighted by molar-refractivity contribution is -0.115. The molecule has 5 nitrogen and oxygen atoms in total. The molecule has 0 spiro atoms. The lowest BCUT2D eigenvalue weighted by Gasteiger charge is -2.12. The van der Waals surface area contributed by atoms with Crippen molar-refractivity contribution in [3.05, 3.63) is 50.9 Å². The Morgan fingerprint density at radius 3 is 2.38 bits per heavy atom. The second-order valence-electron chi connectivity index (χ2n) is 4.91. The highest BCUT2D eigenvalue weighted by Gasteiger charge is 2.16. The van der Waals surface area contributed by atoms with Gasteiger partial charge in [-0.3, -0.25) is 9.59 Å². The van der Waals surface area contributed by atoms with Gasteiger partial charge in [-0.25, -0.2) is 0 Å². The largest absolute Gasteiger partial charge is 0.495 e. The molecule has 2 aromatic carbocycles. The third-order valence-corrected chi connectivity index (χ3v) is 4.23. The molecule has 0 aliphatic rings. The number of rotatable bonds is 5. The van der Waals surface area contributed by atoms with Gasteiger partial charge in [-0.15, -0.1) is 0 Å². The highest BCUT2D eigenvalue weighted by Crippen LogP contribution is 2.33. The molecule has 0 atom stereocenters. The number of carbonyl (C=O) groups excluding carboxylic acids is 2. The lowest BCUT2D eigenvalue weighted by Crippen LogP contribution is -2.14. The van der Waals surface area contributed by atoms with Gasteiger partial charge in [0.05, 0.1) is 17.1 Å². The minimum Gasteiger partial charge on any atom is -0.495 e. The molecule has 0 fully saturated rings. The number of nitrogens with one attached hydrogen (secondary N) is 2. The summed E-state index contributed by atoms with van der Waals surface area (Å²) in [6.07, 6.45) is 0.389. The number of hydrogen-bond donors (Lipinski definition) is 2. The van der Waals surface area contributed by atoms with E-state index >= 15 is 0 Å². The monoisotopic (exact) mass is 454 g/mol. The Bertz CT molecular complexity index is 778. The zero-order valence-electron chi connectivity index (χ0n) is 13.2. The van der Waals surface area contributed by atoms with Crippen LogP contribution in [0.5, 0.6) is 5.75 Å². The first-order chi connectivity index (χ1) is 11.4. The van der Waals surface area contributed by atoms with E-state index in [2.05, 4.69) is 42.5 Å². The molecule has 2 amide bonds. The topological polar surface area (TPSA) is 67.4 Å². The molecule has 0 unspecified atom stereocenters. The summed E-state index contributed by atoms with van der Waals surface area (Å²) in [5.74, 6) is 0.0509. The SMILES string of the molecule is CCC(=O)Nc1cccc(NC(=O)c2cc(Br)cc(Br)c2OC)c1. The van der Waals surface area contributed by atoms with Gasteiger partial charge in [0.1, 0.15) is 5.75 Å². The van der Waals surface area contributed by atoms with E-state index in [0.717, 1.165) is 4.47 Å². The van der Waals surface area contributed by atoms with Crippen LogP contribution in [0.4, 0.5) is 11.4 Å². The molecule has 126 valence electrons. The predicted molar refractivity (Wildman–Crippen MR) is 102 cm³/mol. The van der Waals surface area contributed by atoms with Crippen molar-refractivity contribution in [2.45, 2.75) is 13.3 Å². The van der Waals surface area contributed by atoms with Crippen molar-refractivity contribution in [2.24, 2.45) is 0 Å². The molecule has 0 bridgehead atoms. The molecule has 0 radical (unpaired) electrons. The number of ether oxygens (including phenoxy) is 1. The number of carbonyl (C=O) groups is 2. The molecule has 7 heteroatoms. The number of methoxy groups -OCH3 is 1. The van der Waals surface area contributed by atoms with E-state index in [1.54, 1.807) is 43.3 Å². The summed E-state index contributed by atoms with van der Waals surface area (Å²) in [5, 5.41) is 5.56. The van der Waals surface area contributed by atoms with Crippen LogP contribution in [-0.4, -0.2) is 18.9 Å². The highest BCUT2D eigenvalue weighted by molar-refractivity contribution is 9.11. The molecule has 0 saturated heterocycles. The number of amides is 2. The maximum absolute atomic E-state index is 12.6.